The molecular weight excluding hydrogens is 318 g/mol. The molecule has 1 N–H and O–H groups in total. The molecular formula is C17H24F2N2O3. The summed E-state index contributed by atoms with van der Waals surface area (Å²) >= 11 is 0. The molecule has 5 nitrogen and oxygen atoms in total. The Bertz CT molecular complexity index is 557. The van der Waals surface area contributed by atoms with Crippen LogP contribution in [0.4, 0.5) is 13.6 Å². The molecule has 0 saturated carbocycles. The second-order valence-electron chi connectivity index (χ2n) is 5.80. The van der Waals surface area contributed by atoms with E-state index in [1.165, 1.54) is 4.90 Å². The molecule has 1 fully saturated rings. The van der Waals surface area contributed by atoms with Crippen LogP contribution in [0.3, 0.4) is 0 Å². The van der Waals surface area contributed by atoms with Gasteiger partial charge in [-0.25, -0.2) is 13.6 Å². The summed E-state index contributed by atoms with van der Waals surface area (Å²) in [4.78, 5) is 13.6. The van der Waals surface area contributed by atoms with Crippen LogP contribution in [0.1, 0.15) is 31.7 Å². The fourth-order valence-corrected chi connectivity index (χ4v) is 2.55. The predicted octanol–water partition coefficient (Wildman–Crippen LogP) is 3.42. The quantitative estimate of drug-likeness (QED) is 0.862. The highest BCUT2D eigenvalue weighted by Gasteiger charge is 2.35. The van der Waals surface area contributed by atoms with Gasteiger partial charge in [-0.1, -0.05) is 19.1 Å². The number of carbonyl (C=O) groups excluding carboxylic acids is 1. The first-order chi connectivity index (χ1) is 11.5. The van der Waals surface area contributed by atoms with Crippen LogP contribution >= 0.6 is 0 Å². The van der Waals surface area contributed by atoms with Crippen molar-refractivity contribution in [3.63, 3.8) is 0 Å². The van der Waals surface area contributed by atoms with Crippen molar-refractivity contribution in [2.45, 2.75) is 38.7 Å². The van der Waals surface area contributed by atoms with Gasteiger partial charge in [-0.05, 0) is 12.5 Å². The summed E-state index contributed by atoms with van der Waals surface area (Å²) in [7, 11) is 1.56. The Morgan fingerprint density at radius 2 is 2.04 bits per heavy atom. The number of benzene rings is 1. The lowest BCUT2D eigenvalue weighted by molar-refractivity contribution is -0.0469. The van der Waals surface area contributed by atoms with Gasteiger partial charge >= 0.3 is 6.03 Å². The minimum absolute atomic E-state index is 0.0656. The van der Waals surface area contributed by atoms with E-state index >= 15 is 0 Å². The molecule has 0 radical (unpaired) electrons. The summed E-state index contributed by atoms with van der Waals surface area (Å²) in [5.41, 5.74) is 0.790. The number of amides is 2. The lowest BCUT2D eigenvalue weighted by Crippen LogP contribution is -2.47. The summed E-state index contributed by atoms with van der Waals surface area (Å²) in [6.45, 7) is 2.93. The number of nitrogens with one attached hydrogen (secondary N) is 1. The van der Waals surface area contributed by atoms with E-state index in [4.69, 9.17) is 9.47 Å². The maximum Gasteiger partial charge on any atom is 0.317 e. The van der Waals surface area contributed by atoms with Crippen molar-refractivity contribution in [2.75, 3.05) is 26.8 Å². The molecule has 1 aromatic carbocycles. The van der Waals surface area contributed by atoms with Crippen LogP contribution in [-0.2, 0) is 6.54 Å². The summed E-state index contributed by atoms with van der Waals surface area (Å²) in [6.07, 6.45) is 0.278. The Hall–Kier alpha value is -2.05. The Morgan fingerprint density at radius 3 is 2.67 bits per heavy atom. The van der Waals surface area contributed by atoms with Gasteiger partial charge in [0, 0.05) is 38.0 Å². The van der Waals surface area contributed by atoms with E-state index in [1.54, 1.807) is 13.2 Å². The van der Waals surface area contributed by atoms with Gasteiger partial charge in [0.15, 0.2) is 11.5 Å². The summed E-state index contributed by atoms with van der Waals surface area (Å²) < 4.78 is 37.3. The Kier molecular flexibility index (Phi) is 6.23. The fourth-order valence-electron chi connectivity index (χ4n) is 2.55. The summed E-state index contributed by atoms with van der Waals surface area (Å²) in [5, 5.41) is 2.77. The molecule has 2 rings (SSSR count). The van der Waals surface area contributed by atoms with Crippen LogP contribution in [0.25, 0.3) is 0 Å². The Labute approximate surface area is 140 Å². The van der Waals surface area contributed by atoms with Crippen LogP contribution < -0.4 is 14.8 Å². The van der Waals surface area contributed by atoms with Crippen LogP contribution in [0, 0.1) is 0 Å². The average molecular weight is 342 g/mol. The zero-order valence-electron chi connectivity index (χ0n) is 14.1. The standard InChI is InChI=1S/C17H24F2N2O3/c1-3-11-24-15-13(5-4-6-14(15)23-2)12-20-16(22)21-9-7-17(18,19)8-10-21/h4-6H,3,7-12H2,1-2H3,(H,20,22). The van der Waals surface area contributed by atoms with Crippen molar-refractivity contribution in [3.05, 3.63) is 23.8 Å². The third-order valence-electron chi connectivity index (χ3n) is 3.94. The first-order valence-electron chi connectivity index (χ1n) is 8.16. The molecule has 0 atom stereocenters. The molecule has 1 aliphatic heterocycles. The number of methoxy groups -OCH3 is 1. The molecule has 0 unspecified atom stereocenters. The highest BCUT2D eigenvalue weighted by molar-refractivity contribution is 5.74. The molecule has 0 aliphatic carbocycles. The molecule has 2 amide bonds. The third-order valence-corrected chi connectivity index (χ3v) is 3.94. The number of carbonyl (C=O) groups is 1. The maximum atomic E-state index is 13.2. The van der Waals surface area contributed by atoms with Gasteiger partial charge in [0.1, 0.15) is 0 Å². The molecule has 7 heteroatoms. The van der Waals surface area contributed by atoms with Crippen LogP contribution in [0.5, 0.6) is 11.5 Å². The van der Waals surface area contributed by atoms with Gasteiger partial charge in [0.2, 0.25) is 0 Å². The number of likely N-dealkylation sites (tertiary alicyclic amines) is 1. The Morgan fingerprint density at radius 1 is 1.33 bits per heavy atom. The number of rotatable bonds is 6. The van der Waals surface area contributed by atoms with E-state index in [-0.39, 0.29) is 38.5 Å². The molecule has 1 aromatic rings. The van der Waals surface area contributed by atoms with Gasteiger partial charge in [-0.3, -0.25) is 0 Å². The zero-order valence-corrected chi connectivity index (χ0v) is 14.1. The normalized spacial score (nSPS) is 16.6. The molecule has 134 valence electrons. The van der Waals surface area contributed by atoms with E-state index in [2.05, 4.69) is 5.32 Å². The van der Waals surface area contributed by atoms with E-state index in [0.717, 1.165) is 12.0 Å². The first-order valence-corrected chi connectivity index (χ1v) is 8.16. The number of alkyl halides is 2. The largest absolute Gasteiger partial charge is 0.493 e. The smallest absolute Gasteiger partial charge is 0.317 e. The molecule has 0 spiro atoms. The molecule has 0 bridgehead atoms. The zero-order chi connectivity index (χ0) is 17.6. The number of hydrogen-bond acceptors (Lipinski definition) is 3. The number of urea groups is 1. The first kappa shape index (κ1) is 18.3. The van der Waals surface area contributed by atoms with Crippen molar-refractivity contribution >= 4 is 6.03 Å². The number of piperidine rings is 1. The number of halogens is 2. The summed E-state index contributed by atoms with van der Waals surface area (Å²) in [5.74, 6) is -1.45. The van der Waals surface area contributed by atoms with Crippen LogP contribution in [-0.4, -0.2) is 43.7 Å². The van der Waals surface area contributed by atoms with Gasteiger partial charge in [0.25, 0.3) is 5.92 Å². The average Bonchev–Trinajstić information content (AvgIpc) is 2.57. The van der Waals surface area contributed by atoms with E-state index < -0.39 is 5.92 Å². The maximum absolute atomic E-state index is 13.2. The van der Waals surface area contributed by atoms with Gasteiger partial charge in [-0.15, -0.1) is 0 Å². The van der Waals surface area contributed by atoms with Crippen molar-refractivity contribution in [2.24, 2.45) is 0 Å². The lowest BCUT2D eigenvalue weighted by atomic mass is 10.1. The van der Waals surface area contributed by atoms with Crippen molar-refractivity contribution in [1.29, 1.82) is 0 Å². The summed E-state index contributed by atoms with van der Waals surface area (Å²) in [6, 6.07) is 5.12. The number of hydrogen-bond donors (Lipinski definition) is 1. The highest BCUT2D eigenvalue weighted by Crippen LogP contribution is 2.31. The van der Waals surface area contributed by atoms with Crippen molar-refractivity contribution in [1.82, 2.24) is 10.2 Å². The Balaban J connectivity index is 1.97. The van der Waals surface area contributed by atoms with E-state index in [9.17, 15) is 13.6 Å². The number of nitrogens with zero attached hydrogens (tertiary/aromatic N) is 1. The van der Waals surface area contributed by atoms with Gasteiger partial charge in [-0.2, -0.15) is 0 Å². The second-order valence-corrected chi connectivity index (χ2v) is 5.80. The van der Waals surface area contributed by atoms with Gasteiger partial charge in [0.05, 0.1) is 13.7 Å². The monoisotopic (exact) mass is 342 g/mol. The van der Waals surface area contributed by atoms with E-state index in [1.807, 2.05) is 19.1 Å². The molecule has 24 heavy (non-hydrogen) atoms. The minimum Gasteiger partial charge on any atom is -0.493 e. The topological polar surface area (TPSA) is 50.8 Å². The number of para-hydroxylation sites is 1. The van der Waals surface area contributed by atoms with Crippen molar-refractivity contribution in [3.8, 4) is 11.5 Å². The van der Waals surface area contributed by atoms with Crippen LogP contribution in [0.15, 0.2) is 18.2 Å². The molecule has 0 aromatic heterocycles. The molecule has 1 heterocycles. The van der Waals surface area contributed by atoms with Crippen LogP contribution in [0.2, 0.25) is 0 Å². The molecule has 1 saturated heterocycles. The number of ether oxygens (including phenoxy) is 2. The second kappa shape index (κ2) is 8.17. The fraction of sp³-hybridized carbons (Fsp3) is 0.588. The molecule has 1 aliphatic rings. The van der Waals surface area contributed by atoms with E-state index in [0.29, 0.717) is 18.1 Å². The highest BCUT2D eigenvalue weighted by atomic mass is 19.3. The predicted molar refractivity (Wildman–Crippen MR) is 86.8 cm³/mol. The van der Waals surface area contributed by atoms with Gasteiger partial charge < -0.3 is 19.7 Å². The lowest BCUT2D eigenvalue weighted by Gasteiger charge is -2.31. The minimum atomic E-state index is -2.66. The van der Waals surface area contributed by atoms with Crippen molar-refractivity contribution < 1.29 is 23.0 Å². The SMILES string of the molecule is CCCOc1c(CNC(=O)N2CCC(F)(F)CC2)cccc1OC. The third kappa shape index (κ3) is 4.72.